The molecule has 15 heavy (non-hydrogen) atoms. The van der Waals surface area contributed by atoms with Crippen molar-refractivity contribution in [1.29, 1.82) is 0 Å². The number of methoxy groups -OCH3 is 1. The van der Waals surface area contributed by atoms with Crippen LogP contribution in [0.1, 0.15) is 39.0 Å². The molecule has 0 heterocycles. The number of hydrogen-bond donors (Lipinski definition) is 2. The van der Waals surface area contributed by atoms with Crippen LogP contribution < -0.4 is 11.1 Å². The van der Waals surface area contributed by atoms with E-state index in [0.29, 0.717) is 0 Å². The molecule has 1 rings (SSSR count). The topological polar surface area (TPSA) is 47.3 Å². The summed E-state index contributed by atoms with van der Waals surface area (Å²) in [6.45, 7) is 4.73. The Morgan fingerprint density at radius 2 is 2.27 bits per heavy atom. The summed E-state index contributed by atoms with van der Waals surface area (Å²) in [4.78, 5) is 0. The molecule has 1 aliphatic rings. The Morgan fingerprint density at radius 1 is 1.47 bits per heavy atom. The van der Waals surface area contributed by atoms with Gasteiger partial charge in [-0.15, -0.1) is 0 Å². The van der Waals surface area contributed by atoms with Gasteiger partial charge in [0.05, 0.1) is 6.61 Å². The largest absolute Gasteiger partial charge is 0.383 e. The predicted molar refractivity (Wildman–Crippen MR) is 63.9 cm³/mol. The van der Waals surface area contributed by atoms with E-state index in [4.69, 9.17) is 10.5 Å². The Labute approximate surface area is 93.8 Å². The quantitative estimate of drug-likeness (QED) is 0.659. The van der Waals surface area contributed by atoms with Gasteiger partial charge in [0.25, 0.3) is 0 Å². The van der Waals surface area contributed by atoms with Gasteiger partial charge >= 0.3 is 0 Å². The van der Waals surface area contributed by atoms with Crippen molar-refractivity contribution < 1.29 is 4.74 Å². The van der Waals surface area contributed by atoms with Gasteiger partial charge in [0.1, 0.15) is 0 Å². The van der Waals surface area contributed by atoms with Crippen molar-refractivity contribution >= 4 is 0 Å². The molecular formula is C12H26N2O. The third-order valence-electron chi connectivity index (χ3n) is 3.85. The summed E-state index contributed by atoms with van der Waals surface area (Å²) in [5, 5.41) is 3.64. The molecule has 0 aromatic heterocycles. The van der Waals surface area contributed by atoms with Crippen molar-refractivity contribution in [2.75, 3.05) is 26.8 Å². The van der Waals surface area contributed by atoms with E-state index in [1.54, 1.807) is 7.11 Å². The second-order valence-corrected chi connectivity index (χ2v) is 4.63. The van der Waals surface area contributed by atoms with Crippen LogP contribution in [0.15, 0.2) is 0 Å². The normalized spacial score (nSPS) is 31.8. The van der Waals surface area contributed by atoms with Crippen molar-refractivity contribution in [1.82, 2.24) is 5.32 Å². The standard InChI is InChI=1S/C12H26N2O/c1-3-11-6-4-5-7-12(11,10-13)14-8-9-15-2/h11,14H,3-10,13H2,1-2H3. The molecule has 1 aliphatic carbocycles. The van der Waals surface area contributed by atoms with Crippen LogP contribution in [0.4, 0.5) is 0 Å². The fourth-order valence-corrected chi connectivity index (χ4v) is 2.88. The Hall–Kier alpha value is -0.120. The Bertz CT molecular complexity index is 175. The van der Waals surface area contributed by atoms with Crippen LogP contribution >= 0.6 is 0 Å². The Balaban J connectivity index is 2.53. The molecule has 90 valence electrons. The van der Waals surface area contributed by atoms with Gasteiger partial charge in [-0.25, -0.2) is 0 Å². The summed E-state index contributed by atoms with van der Waals surface area (Å²) < 4.78 is 5.09. The summed E-state index contributed by atoms with van der Waals surface area (Å²) in [6.07, 6.45) is 6.47. The highest BCUT2D eigenvalue weighted by Gasteiger charge is 2.37. The highest BCUT2D eigenvalue weighted by atomic mass is 16.5. The fraction of sp³-hybridized carbons (Fsp3) is 1.00. The molecule has 1 saturated carbocycles. The van der Waals surface area contributed by atoms with Crippen molar-refractivity contribution in [2.45, 2.75) is 44.6 Å². The fourth-order valence-electron chi connectivity index (χ4n) is 2.88. The molecule has 0 amide bonds. The number of ether oxygens (including phenoxy) is 1. The number of nitrogens with one attached hydrogen (secondary N) is 1. The lowest BCUT2D eigenvalue weighted by atomic mass is 9.71. The van der Waals surface area contributed by atoms with Crippen LogP contribution in [-0.2, 0) is 4.74 Å². The molecule has 0 saturated heterocycles. The highest BCUT2D eigenvalue weighted by Crippen LogP contribution is 2.35. The smallest absolute Gasteiger partial charge is 0.0587 e. The molecule has 0 aromatic carbocycles. The highest BCUT2D eigenvalue weighted by molar-refractivity contribution is 4.97. The first kappa shape index (κ1) is 12.9. The first-order chi connectivity index (χ1) is 7.29. The van der Waals surface area contributed by atoms with Crippen LogP contribution in [0.5, 0.6) is 0 Å². The molecule has 0 spiro atoms. The molecular weight excluding hydrogens is 188 g/mol. The van der Waals surface area contributed by atoms with E-state index in [-0.39, 0.29) is 5.54 Å². The summed E-state index contributed by atoms with van der Waals surface area (Å²) in [6, 6.07) is 0. The molecule has 3 nitrogen and oxygen atoms in total. The molecule has 0 aromatic rings. The van der Waals surface area contributed by atoms with Crippen LogP contribution in [0.2, 0.25) is 0 Å². The summed E-state index contributed by atoms with van der Waals surface area (Å²) in [7, 11) is 1.75. The summed E-state index contributed by atoms with van der Waals surface area (Å²) in [5.74, 6) is 0.744. The van der Waals surface area contributed by atoms with Crippen LogP contribution in [-0.4, -0.2) is 32.3 Å². The lowest BCUT2D eigenvalue weighted by Gasteiger charge is -2.44. The molecule has 1 fully saturated rings. The van der Waals surface area contributed by atoms with Gasteiger partial charge in [0.2, 0.25) is 0 Å². The molecule has 0 radical (unpaired) electrons. The van der Waals surface area contributed by atoms with E-state index >= 15 is 0 Å². The third-order valence-corrected chi connectivity index (χ3v) is 3.85. The SMILES string of the molecule is CCC1CCCCC1(CN)NCCOC. The van der Waals surface area contributed by atoms with E-state index in [0.717, 1.165) is 25.6 Å². The molecule has 2 atom stereocenters. The maximum absolute atomic E-state index is 5.98. The van der Waals surface area contributed by atoms with Gasteiger partial charge in [-0.05, 0) is 18.8 Å². The Kier molecular flexibility index (Phi) is 5.58. The minimum atomic E-state index is 0.186. The van der Waals surface area contributed by atoms with Crippen molar-refractivity contribution in [3.63, 3.8) is 0 Å². The van der Waals surface area contributed by atoms with Gasteiger partial charge in [0.15, 0.2) is 0 Å². The lowest BCUT2D eigenvalue weighted by molar-refractivity contribution is 0.122. The van der Waals surface area contributed by atoms with Gasteiger partial charge in [-0.3, -0.25) is 0 Å². The second-order valence-electron chi connectivity index (χ2n) is 4.63. The lowest BCUT2D eigenvalue weighted by Crippen LogP contribution is -2.58. The van der Waals surface area contributed by atoms with Crippen molar-refractivity contribution in [3.8, 4) is 0 Å². The average molecular weight is 214 g/mol. The van der Waals surface area contributed by atoms with E-state index in [1.165, 1.54) is 32.1 Å². The molecule has 3 heteroatoms. The zero-order chi connectivity index (χ0) is 11.1. The third kappa shape index (κ3) is 3.16. The van der Waals surface area contributed by atoms with Gasteiger partial charge in [-0.1, -0.05) is 26.2 Å². The van der Waals surface area contributed by atoms with E-state index in [9.17, 15) is 0 Å². The second kappa shape index (κ2) is 6.46. The van der Waals surface area contributed by atoms with Crippen LogP contribution in [0.25, 0.3) is 0 Å². The molecule has 3 N–H and O–H groups in total. The van der Waals surface area contributed by atoms with Crippen LogP contribution in [0.3, 0.4) is 0 Å². The molecule has 0 aliphatic heterocycles. The van der Waals surface area contributed by atoms with E-state index < -0.39 is 0 Å². The maximum atomic E-state index is 5.98. The predicted octanol–water partition coefficient (Wildman–Crippen LogP) is 1.52. The monoisotopic (exact) mass is 214 g/mol. The number of hydrogen-bond acceptors (Lipinski definition) is 3. The minimum absolute atomic E-state index is 0.186. The molecule has 2 unspecified atom stereocenters. The number of rotatable bonds is 6. The van der Waals surface area contributed by atoms with Gasteiger partial charge in [0, 0.05) is 25.7 Å². The summed E-state index contributed by atoms with van der Waals surface area (Å²) in [5.41, 5.74) is 6.17. The van der Waals surface area contributed by atoms with Gasteiger partial charge in [-0.2, -0.15) is 0 Å². The van der Waals surface area contributed by atoms with E-state index in [2.05, 4.69) is 12.2 Å². The maximum Gasteiger partial charge on any atom is 0.0587 e. The van der Waals surface area contributed by atoms with Gasteiger partial charge < -0.3 is 15.8 Å². The first-order valence-electron chi connectivity index (χ1n) is 6.23. The van der Waals surface area contributed by atoms with E-state index in [1.807, 2.05) is 0 Å². The average Bonchev–Trinajstić information content (AvgIpc) is 2.30. The van der Waals surface area contributed by atoms with Crippen molar-refractivity contribution in [3.05, 3.63) is 0 Å². The molecule has 0 bridgehead atoms. The first-order valence-corrected chi connectivity index (χ1v) is 6.23. The Morgan fingerprint density at radius 3 is 2.87 bits per heavy atom. The van der Waals surface area contributed by atoms with Crippen molar-refractivity contribution in [2.24, 2.45) is 11.7 Å². The minimum Gasteiger partial charge on any atom is -0.383 e. The summed E-state index contributed by atoms with van der Waals surface area (Å²) >= 11 is 0. The zero-order valence-corrected chi connectivity index (χ0v) is 10.2. The van der Waals surface area contributed by atoms with Crippen LogP contribution in [0, 0.1) is 5.92 Å². The zero-order valence-electron chi connectivity index (χ0n) is 10.2. The number of nitrogens with two attached hydrogens (primary N) is 1.